The maximum absolute atomic E-state index is 12.1. The Morgan fingerprint density at radius 3 is 2.54 bits per heavy atom. The lowest BCUT2D eigenvalue weighted by Crippen LogP contribution is -2.36. The maximum Gasteiger partial charge on any atom is 0.224 e. The van der Waals surface area contributed by atoms with E-state index in [-0.39, 0.29) is 29.9 Å². The number of nitrogens with one attached hydrogen (secondary N) is 1. The van der Waals surface area contributed by atoms with E-state index in [0.29, 0.717) is 6.42 Å². The average molecular weight is 347 g/mol. The first kappa shape index (κ1) is 16.7. The Morgan fingerprint density at radius 1 is 1.29 bits per heavy atom. The van der Waals surface area contributed by atoms with Gasteiger partial charge in [0.1, 0.15) is 0 Å². The fourth-order valence-electron chi connectivity index (χ4n) is 3.02. The Hall–Kier alpha value is -2.15. The molecular formula is C17H21N3O3S. The standard InChI is InChI=1S/C17H21N3O3S/c1-12-9-13(2)20(19-12)16-5-3-14(4-6-16)10-17(21)18-15-7-8-24(22,23)11-15/h3-6,9,15H,7-8,10-11H2,1-2H3,(H,18,21). The third-order valence-electron chi connectivity index (χ3n) is 4.15. The van der Waals surface area contributed by atoms with Gasteiger partial charge < -0.3 is 5.32 Å². The molecule has 7 heteroatoms. The fraction of sp³-hybridized carbons (Fsp3) is 0.412. The molecule has 1 amide bonds. The second-order valence-corrected chi connectivity index (χ2v) is 8.58. The molecule has 1 N–H and O–H groups in total. The van der Waals surface area contributed by atoms with Crippen LogP contribution in [-0.4, -0.2) is 41.7 Å². The topological polar surface area (TPSA) is 81.1 Å². The van der Waals surface area contributed by atoms with Crippen molar-refractivity contribution in [3.8, 4) is 5.69 Å². The number of aryl methyl sites for hydroxylation is 2. The van der Waals surface area contributed by atoms with Crippen LogP contribution >= 0.6 is 0 Å². The lowest BCUT2D eigenvalue weighted by atomic mass is 10.1. The number of carbonyl (C=O) groups excluding carboxylic acids is 1. The molecule has 128 valence electrons. The molecule has 0 spiro atoms. The second-order valence-electron chi connectivity index (χ2n) is 6.35. The summed E-state index contributed by atoms with van der Waals surface area (Å²) < 4.78 is 24.7. The number of rotatable bonds is 4. The molecule has 3 rings (SSSR count). The van der Waals surface area contributed by atoms with Gasteiger partial charge in [-0.05, 0) is 44.0 Å². The van der Waals surface area contributed by atoms with E-state index in [1.807, 2.05) is 48.9 Å². The monoisotopic (exact) mass is 347 g/mol. The van der Waals surface area contributed by atoms with Gasteiger partial charge in [0, 0.05) is 11.7 Å². The van der Waals surface area contributed by atoms with Crippen LogP contribution in [0.2, 0.25) is 0 Å². The highest BCUT2D eigenvalue weighted by Gasteiger charge is 2.28. The molecule has 0 saturated carbocycles. The Bertz CT molecular complexity index is 854. The number of nitrogens with zero attached hydrogens (tertiary/aromatic N) is 2. The van der Waals surface area contributed by atoms with Gasteiger partial charge in [0.15, 0.2) is 9.84 Å². The van der Waals surface area contributed by atoms with Crippen LogP contribution in [0.25, 0.3) is 5.69 Å². The summed E-state index contributed by atoms with van der Waals surface area (Å²) in [5, 5.41) is 7.24. The molecule has 1 saturated heterocycles. The Morgan fingerprint density at radius 2 is 2.00 bits per heavy atom. The summed E-state index contributed by atoms with van der Waals surface area (Å²) in [4.78, 5) is 12.1. The minimum atomic E-state index is -2.98. The zero-order valence-electron chi connectivity index (χ0n) is 13.8. The highest BCUT2D eigenvalue weighted by atomic mass is 32.2. The third kappa shape index (κ3) is 3.84. The van der Waals surface area contributed by atoms with Crippen molar-refractivity contribution >= 4 is 15.7 Å². The van der Waals surface area contributed by atoms with Crippen molar-refractivity contribution in [2.24, 2.45) is 0 Å². The Balaban J connectivity index is 1.62. The van der Waals surface area contributed by atoms with E-state index in [1.165, 1.54) is 0 Å². The zero-order valence-corrected chi connectivity index (χ0v) is 14.6. The molecular weight excluding hydrogens is 326 g/mol. The van der Waals surface area contributed by atoms with E-state index in [0.717, 1.165) is 22.6 Å². The Kier molecular flexibility index (Phi) is 4.45. The first-order valence-corrected chi connectivity index (χ1v) is 9.77. The van der Waals surface area contributed by atoms with E-state index in [1.54, 1.807) is 0 Å². The normalized spacial score (nSPS) is 19.3. The second kappa shape index (κ2) is 6.39. The summed E-state index contributed by atoms with van der Waals surface area (Å²) in [6.07, 6.45) is 0.749. The zero-order chi connectivity index (χ0) is 17.3. The average Bonchev–Trinajstić information content (AvgIpc) is 3.01. The molecule has 0 bridgehead atoms. The summed E-state index contributed by atoms with van der Waals surface area (Å²) in [7, 11) is -2.98. The molecule has 2 aromatic rings. The molecule has 24 heavy (non-hydrogen) atoms. The third-order valence-corrected chi connectivity index (χ3v) is 5.92. The highest BCUT2D eigenvalue weighted by Crippen LogP contribution is 2.14. The van der Waals surface area contributed by atoms with Crippen LogP contribution in [0.15, 0.2) is 30.3 Å². The van der Waals surface area contributed by atoms with Crippen molar-refractivity contribution in [1.82, 2.24) is 15.1 Å². The fourth-order valence-corrected chi connectivity index (χ4v) is 4.69. The Labute approximate surface area is 141 Å². The van der Waals surface area contributed by atoms with Gasteiger partial charge in [-0.2, -0.15) is 5.10 Å². The van der Waals surface area contributed by atoms with E-state index >= 15 is 0 Å². The summed E-state index contributed by atoms with van der Waals surface area (Å²) in [5.41, 5.74) is 3.85. The van der Waals surface area contributed by atoms with Crippen LogP contribution in [-0.2, 0) is 21.1 Å². The quantitative estimate of drug-likeness (QED) is 0.905. The van der Waals surface area contributed by atoms with Gasteiger partial charge in [-0.1, -0.05) is 12.1 Å². The van der Waals surface area contributed by atoms with Crippen molar-refractivity contribution in [2.45, 2.75) is 32.7 Å². The minimum absolute atomic E-state index is 0.0512. The van der Waals surface area contributed by atoms with Crippen LogP contribution in [0.5, 0.6) is 0 Å². The lowest BCUT2D eigenvalue weighted by molar-refractivity contribution is -0.120. The summed E-state index contributed by atoms with van der Waals surface area (Å²) in [6, 6.07) is 9.42. The summed E-state index contributed by atoms with van der Waals surface area (Å²) in [5.74, 6) is 0.0706. The molecule has 0 aliphatic carbocycles. The molecule has 0 radical (unpaired) electrons. The van der Waals surface area contributed by atoms with Crippen LogP contribution in [0.3, 0.4) is 0 Å². The molecule has 1 aliphatic heterocycles. The number of sulfone groups is 1. The van der Waals surface area contributed by atoms with Gasteiger partial charge in [0.05, 0.1) is 29.3 Å². The van der Waals surface area contributed by atoms with E-state index in [4.69, 9.17) is 0 Å². The van der Waals surface area contributed by atoms with Crippen molar-refractivity contribution in [3.63, 3.8) is 0 Å². The van der Waals surface area contributed by atoms with Gasteiger partial charge in [0.25, 0.3) is 0 Å². The molecule has 1 aromatic carbocycles. The predicted molar refractivity (Wildman–Crippen MR) is 91.9 cm³/mol. The number of hydrogen-bond acceptors (Lipinski definition) is 4. The molecule has 1 fully saturated rings. The molecule has 1 aromatic heterocycles. The van der Waals surface area contributed by atoms with E-state index in [9.17, 15) is 13.2 Å². The SMILES string of the molecule is Cc1cc(C)n(-c2ccc(CC(=O)NC3CCS(=O)(=O)C3)cc2)n1. The summed E-state index contributed by atoms with van der Waals surface area (Å²) >= 11 is 0. The number of benzene rings is 1. The van der Waals surface area contributed by atoms with Gasteiger partial charge in [0.2, 0.25) is 5.91 Å². The van der Waals surface area contributed by atoms with E-state index in [2.05, 4.69) is 10.4 Å². The number of amides is 1. The highest BCUT2D eigenvalue weighted by molar-refractivity contribution is 7.91. The minimum Gasteiger partial charge on any atom is -0.352 e. The van der Waals surface area contributed by atoms with Crippen molar-refractivity contribution in [3.05, 3.63) is 47.3 Å². The summed E-state index contributed by atoms with van der Waals surface area (Å²) in [6.45, 7) is 3.95. The first-order chi connectivity index (χ1) is 11.3. The molecule has 2 heterocycles. The predicted octanol–water partition coefficient (Wildman–Crippen LogP) is 1.33. The van der Waals surface area contributed by atoms with Gasteiger partial charge in [-0.3, -0.25) is 4.79 Å². The first-order valence-electron chi connectivity index (χ1n) is 7.95. The van der Waals surface area contributed by atoms with Crippen LogP contribution in [0, 0.1) is 13.8 Å². The molecule has 1 unspecified atom stereocenters. The molecule has 1 aliphatic rings. The lowest BCUT2D eigenvalue weighted by Gasteiger charge is -2.11. The van der Waals surface area contributed by atoms with Crippen molar-refractivity contribution in [1.29, 1.82) is 0 Å². The number of aromatic nitrogens is 2. The maximum atomic E-state index is 12.1. The molecule has 1 atom stereocenters. The van der Waals surface area contributed by atoms with Crippen molar-refractivity contribution in [2.75, 3.05) is 11.5 Å². The van der Waals surface area contributed by atoms with Gasteiger partial charge >= 0.3 is 0 Å². The van der Waals surface area contributed by atoms with Crippen molar-refractivity contribution < 1.29 is 13.2 Å². The van der Waals surface area contributed by atoms with E-state index < -0.39 is 9.84 Å². The number of carbonyl (C=O) groups is 1. The molecule has 6 nitrogen and oxygen atoms in total. The largest absolute Gasteiger partial charge is 0.352 e. The van der Waals surface area contributed by atoms with Gasteiger partial charge in [-0.25, -0.2) is 13.1 Å². The van der Waals surface area contributed by atoms with Gasteiger partial charge in [-0.15, -0.1) is 0 Å². The number of hydrogen-bond donors (Lipinski definition) is 1. The van der Waals surface area contributed by atoms with Crippen LogP contribution in [0.4, 0.5) is 0 Å². The smallest absolute Gasteiger partial charge is 0.224 e. The van der Waals surface area contributed by atoms with Crippen LogP contribution < -0.4 is 5.32 Å². The van der Waals surface area contributed by atoms with Crippen LogP contribution in [0.1, 0.15) is 23.4 Å².